The minimum absolute atomic E-state index is 0.255. The fraction of sp³-hybridized carbons (Fsp3) is 0.562. The second-order valence-electron chi connectivity index (χ2n) is 6.10. The number of hydrogen-bond donors (Lipinski definition) is 1. The summed E-state index contributed by atoms with van der Waals surface area (Å²) in [7, 11) is 0. The summed E-state index contributed by atoms with van der Waals surface area (Å²) in [5.41, 5.74) is 7.19. The Morgan fingerprint density at radius 1 is 1.40 bits per heavy atom. The van der Waals surface area contributed by atoms with E-state index in [2.05, 4.69) is 18.7 Å². The third kappa shape index (κ3) is 4.53. The summed E-state index contributed by atoms with van der Waals surface area (Å²) in [4.78, 5) is 2.71. The van der Waals surface area contributed by atoms with E-state index in [1.807, 2.05) is 6.07 Å². The van der Waals surface area contributed by atoms with Crippen LogP contribution in [0.2, 0.25) is 0 Å². The standard InChI is InChI=1S/C16H23FN2S/c1-11(2)5-6-19(15-3-4-15)10-12-7-13(16(18)20)9-14(17)8-12/h7-9,11,15H,3-6,10H2,1-2H3,(H2,18,20). The Hall–Kier alpha value is -1.00. The zero-order valence-corrected chi connectivity index (χ0v) is 13.0. The molecule has 0 atom stereocenters. The van der Waals surface area contributed by atoms with E-state index in [9.17, 15) is 4.39 Å². The first kappa shape index (κ1) is 15.4. The number of halogens is 1. The Morgan fingerprint density at radius 3 is 2.65 bits per heavy atom. The minimum atomic E-state index is -0.259. The van der Waals surface area contributed by atoms with Crippen LogP contribution in [0.3, 0.4) is 0 Å². The van der Waals surface area contributed by atoms with Gasteiger partial charge < -0.3 is 5.73 Å². The second-order valence-corrected chi connectivity index (χ2v) is 6.54. The molecular weight excluding hydrogens is 271 g/mol. The first-order valence-corrected chi connectivity index (χ1v) is 7.70. The van der Waals surface area contributed by atoms with Crippen molar-refractivity contribution in [2.45, 2.75) is 45.7 Å². The molecule has 4 heteroatoms. The summed E-state index contributed by atoms with van der Waals surface area (Å²) in [5, 5.41) is 0. The summed E-state index contributed by atoms with van der Waals surface area (Å²) in [6, 6.07) is 5.58. The quantitative estimate of drug-likeness (QED) is 0.781. The van der Waals surface area contributed by atoms with Gasteiger partial charge in [0.05, 0.1) is 0 Å². The highest BCUT2D eigenvalue weighted by Gasteiger charge is 2.28. The molecule has 2 rings (SSSR count). The van der Waals surface area contributed by atoms with Gasteiger partial charge in [0, 0.05) is 18.2 Å². The van der Waals surface area contributed by atoms with E-state index in [0.717, 1.165) is 18.7 Å². The molecule has 1 saturated carbocycles. The van der Waals surface area contributed by atoms with E-state index in [-0.39, 0.29) is 10.8 Å². The van der Waals surface area contributed by atoms with Gasteiger partial charge in [0.2, 0.25) is 0 Å². The van der Waals surface area contributed by atoms with Crippen molar-refractivity contribution in [3.63, 3.8) is 0 Å². The third-order valence-corrected chi connectivity index (χ3v) is 3.92. The molecule has 1 fully saturated rings. The lowest BCUT2D eigenvalue weighted by Gasteiger charge is -2.23. The van der Waals surface area contributed by atoms with Crippen molar-refractivity contribution in [1.82, 2.24) is 4.90 Å². The van der Waals surface area contributed by atoms with Crippen LogP contribution in [0, 0.1) is 11.7 Å². The molecule has 20 heavy (non-hydrogen) atoms. The predicted molar refractivity (Wildman–Crippen MR) is 85.2 cm³/mol. The topological polar surface area (TPSA) is 29.3 Å². The number of nitrogens with zero attached hydrogens (tertiary/aromatic N) is 1. The smallest absolute Gasteiger partial charge is 0.124 e. The maximum absolute atomic E-state index is 13.6. The molecule has 0 radical (unpaired) electrons. The largest absolute Gasteiger partial charge is 0.389 e. The van der Waals surface area contributed by atoms with Gasteiger partial charge in [0.1, 0.15) is 10.8 Å². The van der Waals surface area contributed by atoms with Crippen molar-refractivity contribution in [1.29, 1.82) is 0 Å². The monoisotopic (exact) mass is 294 g/mol. The van der Waals surface area contributed by atoms with Crippen molar-refractivity contribution in [3.8, 4) is 0 Å². The molecular formula is C16H23FN2S. The van der Waals surface area contributed by atoms with Crippen molar-refractivity contribution in [2.24, 2.45) is 11.7 Å². The summed E-state index contributed by atoms with van der Waals surface area (Å²) < 4.78 is 13.6. The molecule has 0 spiro atoms. The molecule has 2 N–H and O–H groups in total. The Labute approximate surface area is 126 Å². The van der Waals surface area contributed by atoms with Gasteiger partial charge in [0.25, 0.3) is 0 Å². The zero-order valence-electron chi connectivity index (χ0n) is 12.2. The summed E-state index contributed by atoms with van der Waals surface area (Å²) in [5.74, 6) is 0.431. The molecule has 1 aromatic rings. The average Bonchev–Trinajstić information content (AvgIpc) is 3.17. The fourth-order valence-electron chi connectivity index (χ4n) is 2.37. The SMILES string of the molecule is CC(C)CCN(Cc1cc(F)cc(C(N)=S)c1)C1CC1. The summed E-state index contributed by atoms with van der Waals surface area (Å²) in [6.45, 7) is 6.32. The van der Waals surface area contributed by atoms with Gasteiger partial charge in [-0.1, -0.05) is 26.1 Å². The highest BCUT2D eigenvalue weighted by atomic mass is 32.1. The lowest BCUT2D eigenvalue weighted by Crippen LogP contribution is -2.27. The number of nitrogens with two attached hydrogens (primary N) is 1. The van der Waals surface area contributed by atoms with Crippen molar-refractivity contribution in [2.75, 3.05) is 6.54 Å². The normalized spacial score (nSPS) is 15.1. The molecule has 0 heterocycles. The summed E-state index contributed by atoms with van der Waals surface area (Å²) >= 11 is 4.94. The molecule has 1 aliphatic rings. The predicted octanol–water partition coefficient (Wildman–Crippen LogP) is 3.47. The Balaban J connectivity index is 2.07. The van der Waals surface area contributed by atoms with Crippen LogP contribution < -0.4 is 5.73 Å². The lowest BCUT2D eigenvalue weighted by atomic mass is 10.1. The fourth-order valence-corrected chi connectivity index (χ4v) is 2.49. The van der Waals surface area contributed by atoms with Crippen LogP contribution in [0.1, 0.15) is 44.2 Å². The maximum Gasteiger partial charge on any atom is 0.124 e. The molecule has 0 amide bonds. The van der Waals surface area contributed by atoms with Gasteiger partial charge in [-0.05, 0) is 55.5 Å². The van der Waals surface area contributed by atoms with Crippen LogP contribution >= 0.6 is 12.2 Å². The van der Waals surface area contributed by atoms with E-state index < -0.39 is 0 Å². The van der Waals surface area contributed by atoms with Crippen LogP contribution in [-0.2, 0) is 6.54 Å². The molecule has 0 saturated heterocycles. The van der Waals surface area contributed by atoms with Crippen LogP contribution in [0.25, 0.3) is 0 Å². The van der Waals surface area contributed by atoms with Crippen LogP contribution in [0.4, 0.5) is 4.39 Å². The van der Waals surface area contributed by atoms with Gasteiger partial charge >= 0.3 is 0 Å². The first-order chi connectivity index (χ1) is 9.45. The number of benzene rings is 1. The van der Waals surface area contributed by atoms with Crippen molar-refractivity contribution < 1.29 is 4.39 Å². The van der Waals surface area contributed by atoms with Crippen LogP contribution in [0.15, 0.2) is 18.2 Å². The van der Waals surface area contributed by atoms with Gasteiger partial charge in [-0.3, -0.25) is 4.90 Å². The van der Waals surface area contributed by atoms with E-state index >= 15 is 0 Å². The number of rotatable bonds is 7. The van der Waals surface area contributed by atoms with Gasteiger partial charge in [0.15, 0.2) is 0 Å². The molecule has 0 aliphatic heterocycles. The third-order valence-electron chi connectivity index (χ3n) is 3.68. The summed E-state index contributed by atoms with van der Waals surface area (Å²) in [6.07, 6.45) is 3.69. The van der Waals surface area contributed by atoms with E-state index in [4.69, 9.17) is 18.0 Å². The van der Waals surface area contributed by atoms with Crippen LogP contribution in [0.5, 0.6) is 0 Å². The van der Waals surface area contributed by atoms with E-state index in [0.29, 0.717) is 17.5 Å². The zero-order chi connectivity index (χ0) is 14.7. The Morgan fingerprint density at radius 2 is 2.10 bits per heavy atom. The van der Waals surface area contributed by atoms with Gasteiger partial charge in [-0.15, -0.1) is 0 Å². The lowest BCUT2D eigenvalue weighted by molar-refractivity contribution is 0.239. The molecule has 110 valence electrons. The van der Waals surface area contributed by atoms with Crippen LogP contribution in [-0.4, -0.2) is 22.5 Å². The van der Waals surface area contributed by atoms with Crippen molar-refractivity contribution in [3.05, 3.63) is 35.1 Å². The molecule has 1 aromatic carbocycles. The Kier molecular flexibility index (Phi) is 5.11. The first-order valence-electron chi connectivity index (χ1n) is 7.29. The van der Waals surface area contributed by atoms with Crippen molar-refractivity contribution >= 4 is 17.2 Å². The number of hydrogen-bond acceptors (Lipinski definition) is 2. The van der Waals surface area contributed by atoms with E-state index in [1.54, 1.807) is 6.07 Å². The molecule has 1 aliphatic carbocycles. The number of thiocarbonyl (C=S) groups is 1. The average molecular weight is 294 g/mol. The highest BCUT2D eigenvalue weighted by Crippen LogP contribution is 2.29. The van der Waals surface area contributed by atoms with E-state index in [1.165, 1.54) is 25.3 Å². The molecule has 0 bridgehead atoms. The maximum atomic E-state index is 13.6. The second kappa shape index (κ2) is 6.64. The minimum Gasteiger partial charge on any atom is -0.389 e. The highest BCUT2D eigenvalue weighted by molar-refractivity contribution is 7.80. The molecule has 2 nitrogen and oxygen atoms in total. The Bertz CT molecular complexity index is 483. The molecule has 0 unspecified atom stereocenters. The van der Waals surface area contributed by atoms with Gasteiger partial charge in [-0.25, -0.2) is 4.39 Å². The molecule has 0 aromatic heterocycles. The van der Waals surface area contributed by atoms with Gasteiger partial charge in [-0.2, -0.15) is 0 Å².